The summed E-state index contributed by atoms with van der Waals surface area (Å²) in [5, 5.41) is 9.34. The molecule has 0 aliphatic carbocycles. The molecule has 4 nitrogen and oxygen atoms in total. The highest BCUT2D eigenvalue weighted by Gasteiger charge is 2.34. The lowest BCUT2D eigenvalue weighted by molar-refractivity contribution is -0.142. The number of imide groups is 1. The van der Waals surface area contributed by atoms with Crippen molar-refractivity contribution >= 4 is 11.8 Å². The smallest absolute Gasteiger partial charge is 0.230 e. The fourth-order valence-electron chi connectivity index (χ4n) is 2.12. The third kappa shape index (κ3) is 2.53. The van der Waals surface area contributed by atoms with Gasteiger partial charge in [-0.05, 0) is 12.0 Å². The Morgan fingerprint density at radius 2 is 1.71 bits per heavy atom. The Kier molecular flexibility index (Phi) is 3.54. The van der Waals surface area contributed by atoms with Gasteiger partial charge >= 0.3 is 0 Å². The maximum absolute atomic E-state index is 11.6. The average Bonchev–Trinajstić information content (AvgIpc) is 2.68. The number of benzene rings is 1. The molecule has 0 aromatic heterocycles. The number of hydrogen-bond acceptors (Lipinski definition) is 3. The number of likely N-dealkylation sites (tertiary alicyclic amines) is 1. The first kappa shape index (κ1) is 11.8. The van der Waals surface area contributed by atoms with Gasteiger partial charge in [0.05, 0.1) is 12.6 Å². The molecule has 1 fully saturated rings. The molecule has 0 unspecified atom stereocenters. The van der Waals surface area contributed by atoms with Crippen LogP contribution in [0.2, 0.25) is 0 Å². The molecule has 1 N–H and O–H groups in total. The van der Waals surface area contributed by atoms with E-state index in [9.17, 15) is 14.7 Å². The number of rotatable bonds is 4. The van der Waals surface area contributed by atoms with E-state index in [1.54, 1.807) is 0 Å². The van der Waals surface area contributed by atoms with Crippen molar-refractivity contribution in [1.82, 2.24) is 4.90 Å². The lowest BCUT2D eigenvalue weighted by atomic mass is 10.1. The molecule has 1 heterocycles. The fraction of sp³-hybridized carbons (Fsp3) is 0.385. The monoisotopic (exact) mass is 233 g/mol. The van der Waals surface area contributed by atoms with E-state index < -0.39 is 6.04 Å². The summed E-state index contributed by atoms with van der Waals surface area (Å²) in [6.45, 7) is -0.188. The number of nitrogens with zero attached hydrogens (tertiary/aromatic N) is 1. The van der Waals surface area contributed by atoms with Gasteiger partial charge in [-0.15, -0.1) is 0 Å². The molecular weight excluding hydrogens is 218 g/mol. The molecule has 0 saturated carbocycles. The first-order valence-corrected chi connectivity index (χ1v) is 5.72. The largest absolute Gasteiger partial charge is 0.394 e. The van der Waals surface area contributed by atoms with Gasteiger partial charge in [-0.1, -0.05) is 30.3 Å². The summed E-state index contributed by atoms with van der Waals surface area (Å²) >= 11 is 0. The van der Waals surface area contributed by atoms with E-state index in [-0.39, 0.29) is 31.3 Å². The molecule has 1 aliphatic rings. The number of carbonyl (C=O) groups is 2. The molecular formula is C13H15NO3. The minimum atomic E-state index is -0.431. The van der Waals surface area contributed by atoms with Crippen molar-refractivity contribution in [1.29, 1.82) is 0 Å². The highest BCUT2D eigenvalue weighted by atomic mass is 16.3. The van der Waals surface area contributed by atoms with E-state index in [0.717, 1.165) is 5.56 Å². The Bertz CT molecular complexity index is 400. The SMILES string of the molecule is O=C1CCC(=O)N1[C@@H](CO)Cc1ccccc1. The van der Waals surface area contributed by atoms with Crippen LogP contribution in [0.15, 0.2) is 30.3 Å². The molecule has 1 aliphatic heterocycles. The Morgan fingerprint density at radius 3 is 2.24 bits per heavy atom. The van der Waals surface area contributed by atoms with Crippen molar-refractivity contribution in [2.45, 2.75) is 25.3 Å². The van der Waals surface area contributed by atoms with Crippen LogP contribution >= 0.6 is 0 Å². The van der Waals surface area contributed by atoms with Crippen LogP contribution in [0.25, 0.3) is 0 Å². The second-order valence-corrected chi connectivity index (χ2v) is 4.18. The summed E-state index contributed by atoms with van der Waals surface area (Å²) < 4.78 is 0. The molecule has 17 heavy (non-hydrogen) atoms. The lowest BCUT2D eigenvalue weighted by Gasteiger charge is -2.24. The van der Waals surface area contributed by atoms with E-state index in [1.165, 1.54) is 4.90 Å². The number of hydrogen-bond donors (Lipinski definition) is 1. The predicted octanol–water partition coefficient (Wildman–Crippen LogP) is 0.739. The third-order valence-corrected chi connectivity index (χ3v) is 2.98. The van der Waals surface area contributed by atoms with E-state index in [1.807, 2.05) is 30.3 Å². The van der Waals surface area contributed by atoms with Crippen molar-refractivity contribution in [2.24, 2.45) is 0 Å². The van der Waals surface area contributed by atoms with Crippen LogP contribution < -0.4 is 0 Å². The Morgan fingerprint density at radius 1 is 1.12 bits per heavy atom. The molecule has 0 spiro atoms. The van der Waals surface area contributed by atoms with Crippen LogP contribution in [0.1, 0.15) is 18.4 Å². The van der Waals surface area contributed by atoms with Gasteiger partial charge in [0.25, 0.3) is 0 Å². The zero-order chi connectivity index (χ0) is 12.3. The molecule has 1 saturated heterocycles. The van der Waals surface area contributed by atoms with Crippen LogP contribution in [-0.4, -0.2) is 34.5 Å². The Hall–Kier alpha value is -1.68. The quantitative estimate of drug-likeness (QED) is 0.780. The van der Waals surface area contributed by atoms with Crippen LogP contribution in [0.5, 0.6) is 0 Å². The number of aliphatic hydroxyl groups is 1. The maximum Gasteiger partial charge on any atom is 0.230 e. The molecule has 2 amide bonds. The minimum absolute atomic E-state index is 0.176. The standard InChI is InChI=1S/C13H15NO3/c15-9-11(8-10-4-2-1-3-5-10)14-12(16)6-7-13(14)17/h1-5,11,15H,6-9H2/t11-/m1/s1. The zero-order valence-electron chi connectivity index (χ0n) is 9.50. The summed E-state index contributed by atoms with van der Waals surface area (Å²) in [5.41, 5.74) is 1.01. The van der Waals surface area contributed by atoms with E-state index >= 15 is 0 Å². The summed E-state index contributed by atoms with van der Waals surface area (Å²) in [6, 6.07) is 9.12. The van der Waals surface area contributed by atoms with Crippen LogP contribution in [0, 0.1) is 0 Å². The van der Waals surface area contributed by atoms with Gasteiger partial charge in [-0.2, -0.15) is 0 Å². The second kappa shape index (κ2) is 5.10. The second-order valence-electron chi connectivity index (χ2n) is 4.18. The van der Waals surface area contributed by atoms with Gasteiger partial charge in [0.1, 0.15) is 0 Å². The molecule has 2 rings (SSSR count). The van der Waals surface area contributed by atoms with E-state index in [2.05, 4.69) is 0 Å². The average molecular weight is 233 g/mol. The fourth-order valence-corrected chi connectivity index (χ4v) is 2.12. The molecule has 90 valence electrons. The van der Waals surface area contributed by atoms with Crippen molar-refractivity contribution < 1.29 is 14.7 Å². The van der Waals surface area contributed by atoms with E-state index in [4.69, 9.17) is 0 Å². The van der Waals surface area contributed by atoms with Crippen LogP contribution in [-0.2, 0) is 16.0 Å². The van der Waals surface area contributed by atoms with Gasteiger partial charge < -0.3 is 5.11 Å². The number of aliphatic hydroxyl groups excluding tert-OH is 1. The predicted molar refractivity (Wildman–Crippen MR) is 62.1 cm³/mol. The normalized spacial score (nSPS) is 17.6. The molecule has 1 atom stereocenters. The summed E-state index contributed by atoms with van der Waals surface area (Å²) in [6.07, 6.45) is 1.04. The highest BCUT2D eigenvalue weighted by Crippen LogP contribution is 2.18. The Labute approximate surface area is 99.9 Å². The third-order valence-electron chi connectivity index (χ3n) is 2.98. The Balaban J connectivity index is 2.11. The molecule has 4 heteroatoms. The molecule has 1 aromatic rings. The highest BCUT2D eigenvalue weighted by molar-refractivity contribution is 6.02. The topological polar surface area (TPSA) is 57.6 Å². The van der Waals surface area contributed by atoms with Gasteiger partial charge in [0.15, 0.2) is 0 Å². The maximum atomic E-state index is 11.6. The van der Waals surface area contributed by atoms with Crippen molar-refractivity contribution in [3.63, 3.8) is 0 Å². The van der Waals surface area contributed by atoms with Gasteiger partial charge in [0, 0.05) is 12.8 Å². The lowest BCUT2D eigenvalue weighted by Crippen LogP contribution is -2.43. The van der Waals surface area contributed by atoms with Gasteiger partial charge in [-0.3, -0.25) is 14.5 Å². The van der Waals surface area contributed by atoms with Crippen molar-refractivity contribution in [3.05, 3.63) is 35.9 Å². The van der Waals surface area contributed by atoms with Crippen molar-refractivity contribution in [2.75, 3.05) is 6.61 Å². The van der Waals surface area contributed by atoms with Crippen molar-refractivity contribution in [3.8, 4) is 0 Å². The summed E-state index contributed by atoms with van der Waals surface area (Å²) in [5.74, 6) is -0.352. The number of carbonyl (C=O) groups excluding carboxylic acids is 2. The first-order valence-electron chi connectivity index (χ1n) is 5.72. The van der Waals surface area contributed by atoms with E-state index in [0.29, 0.717) is 6.42 Å². The zero-order valence-corrected chi connectivity index (χ0v) is 9.50. The first-order chi connectivity index (χ1) is 8.22. The van der Waals surface area contributed by atoms with Crippen LogP contribution in [0.3, 0.4) is 0 Å². The van der Waals surface area contributed by atoms with Gasteiger partial charge in [-0.25, -0.2) is 0 Å². The molecule has 0 radical (unpaired) electrons. The molecule has 0 bridgehead atoms. The van der Waals surface area contributed by atoms with Crippen LogP contribution in [0.4, 0.5) is 0 Å². The summed E-state index contributed by atoms with van der Waals surface area (Å²) in [7, 11) is 0. The summed E-state index contributed by atoms with van der Waals surface area (Å²) in [4.78, 5) is 24.4. The van der Waals surface area contributed by atoms with Gasteiger partial charge in [0.2, 0.25) is 11.8 Å². The molecule has 1 aromatic carbocycles. The number of amides is 2. The minimum Gasteiger partial charge on any atom is -0.394 e.